The average Bonchev–Trinajstić information content (AvgIpc) is 3.05. The summed E-state index contributed by atoms with van der Waals surface area (Å²) in [7, 11) is -3.06. The van der Waals surface area contributed by atoms with Crippen molar-refractivity contribution in [3.63, 3.8) is 0 Å². The zero-order valence-corrected chi connectivity index (χ0v) is 27.6. The summed E-state index contributed by atoms with van der Waals surface area (Å²) in [5, 5.41) is 14.5. The standard InChI is InChI=1S/C35H38N4O7S/c1-5-36-35(41)33(21-27-11-7-6-8-12-27)37(23-28-13-9-10-25(2)20-28)34(40)24-38(29-15-17-30(46-4)18-16-29)47(44,45)31-19-14-26(3)32(22-31)39(42)43/h6-20,22,33H,5,21,23-24H2,1-4H3,(H,36,41)/t33-/m0/s1. The van der Waals surface area contributed by atoms with Crippen LogP contribution in [-0.2, 0) is 32.6 Å². The molecule has 0 aliphatic heterocycles. The number of likely N-dealkylation sites (N-methyl/N-ethyl adjacent to an activating group) is 1. The maximum absolute atomic E-state index is 14.5. The van der Waals surface area contributed by atoms with Gasteiger partial charge in [-0.1, -0.05) is 66.2 Å². The number of ether oxygens (including phenoxy) is 1. The van der Waals surface area contributed by atoms with E-state index in [0.29, 0.717) is 12.3 Å². The van der Waals surface area contributed by atoms with E-state index in [1.807, 2.05) is 61.5 Å². The summed E-state index contributed by atoms with van der Waals surface area (Å²) in [5.74, 6) is -0.561. The van der Waals surface area contributed by atoms with Crippen LogP contribution in [0.1, 0.15) is 29.2 Å². The van der Waals surface area contributed by atoms with E-state index >= 15 is 0 Å². The molecule has 47 heavy (non-hydrogen) atoms. The summed E-state index contributed by atoms with van der Waals surface area (Å²) in [6.45, 7) is 4.88. The van der Waals surface area contributed by atoms with Crippen molar-refractivity contribution in [2.24, 2.45) is 0 Å². The summed E-state index contributed by atoms with van der Waals surface area (Å²) in [4.78, 5) is 40.2. The van der Waals surface area contributed by atoms with Crippen LogP contribution < -0.4 is 14.4 Å². The fourth-order valence-electron chi connectivity index (χ4n) is 5.20. The number of nitrogens with one attached hydrogen (secondary N) is 1. The normalized spacial score (nSPS) is 11.7. The number of nitro groups is 1. The third kappa shape index (κ3) is 8.53. The van der Waals surface area contributed by atoms with Crippen molar-refractivity contribution < 1.29 is 27.7 Å². The molecule has 4 rings (SSSR count). The third-order valence-electron chi connectivity index (χ3n) is 7.66. The number of benzene rings is 4. The van der Waals surface area contributed by atoms with Gasteiger partial charge in [-0.3, -0.25) is 24.0 Å². The second-order valence-electron chi connectivity index (χ2n) is 11.0. The number of hydrogen-bond donors (Lipinski definition) is 1. The lowest BCUT2D eigenvalue weighted by molar-refractivity contribution is -0.385. The highest BCUT2D eigenvalue weighted by atomic mass is 32.2. The highest BCUT2D eigenvalue weighted by molar-refractivity contribution is 7.92. The fourth-order valence-corrected chi connectivity index (χ4v) is 6.64. The number of amides is 2. The molecule has 0 saturated heterocycles. The number of methoxy groups -OCH3 is 1. The number of nitro benzene ring substituents is 1. The summed E-state index contributed by atoms with van der Waals surface area (Å²) >= 11 is 0. The van der Waals surface area contributed by atoms with Gasteiger partial charge in [0, 0.05) is 31.1 Å². The zero-order chi connectivity index (χ0) is 34.1. The van der Waals surface area contributed by atoms with Crippen molar-refractivity contribution in [3.05, 3.63) is 129 Å². The Morgan fingerprint density at radius 3 is 2.21 bits per heavy atom. The van der Waals surface area contributed by atoms with Crippen LogP contribution in [0.4, 0.5) is 11.4 Å². The molecular formula is C35H38N4O7S. The number of rotatable bonds is 14. The second kappa shape index (κ2) is 15.4. The molecule has 246 valence electrons. The molecule has 0 aliphatic rings. The van der Waals surface area contributed by atoms with Crippen LogP contribution in [0.2, 0.25) is 0 Å². The van der Waals surface area contributed by atoms with Crippen molar-refractivity contribution in [1.29, 1.82) is 0 Å². The predicted molar refractivity (Wildman–Crippen MR) is 180 cm³/mol. The first-order valence-electron chi connectivity index (χ1n) is 15.0. The Balaban J connectivity index is 1.83. The van der Waals surface area contributed by atoms with Crippen molar-refractivity contribution in [2.75, 3.05) is 24.5 Å². The lowest BCUT2D eigenvalue weighted by atomic mass is 10.0. The van der Waals surface area contributed by atoms with Gasteiger partial charge in [-0.25, -0.2) is 8.42 Å². The van der Waals surface area contributed by atoms with Crippen LogP contribution in [0.3, 0.4) is 0 Å². The first-order valence-corrected chi connectivity index (χ1v) is 16.5. The molecule has 0 aromatic heterocycles. The Kier molecular flexibility index (Phi) is 11.3. The van der Waals surface area contributed by atoms with E-state index in [0.717, 1.165) is 27.1 Å². The van der Waals surface area contributed by atoms with Gasteiger partial charge in [-0.2, -0.15) is 0 Å². The van der Waals surface area contributed by atoms with E-state index in [-0.39, 0.29) is 40.7 Å². The topological polar surface area (TPSA) is 139 Å². The molecule has 2 amide bonds. The first-order chi connectivity index (χ1) is 22.4. The molecule has 0 fully saturated rings. The Labute approximate surface area is 275 Å². The summed E-state index contributed by atoms with van der Waals surface area (Å²) in [6, 6.07) is 25.5. The van der Waals surface area contributed by atoms with Gasteiger partial charge in [-0.15, -0.1) is 0 Å². The van der Waals surface area contributed by atoms with E-state index in [2.05, 4.69) is 5.32 Å². The quantitative estimate of drug-likeness (QED) is 0.145. The highest BCUT2D eigenvalue weighted by Gasteiger charge is 2.35. The Morgan fingerprint density at radius 2 is 1.60 bits per heavy atom. The fraction of sp³-hybridized carbons (Fsp3) is 0.257. The van der Waals surface area contributed by atoms with Gasteiger partial charge in [0.15, 0.2) is 0 Å². The molecule has 0 unspecified atom stereocenters. The van der Waals surface area contributed by atoms with E-state index in [1.165, 1.54) is 43.2 Å². The van der Waals surface area contributed by atoms with Gasteiger partial charge < -0.3 is 15.0 Å². The Bertz CT molecular complexity index is 1830. The van der Waals surface area contributed by atoms with Gasteiger partial charge in [0.05, 0.1) is 22.6 Å². The zero-order valence-electron chi connectivity index (χ0n) is 26.8. The van der Waals surface area contributed by atoms with Crippen LogP contribution in [0.25, 0.3) is 0 Å². The summed E-state index contributed by atoms with van der Waals surface area (Å²) < 4.78 is 34.7. The molecule has 0 saturated carbocycles. The largest absolute Gasteiger partial charge is 0.497 e. The van der Waals surface area contributed by atoms with Crippen LogP contribution in [0, 0.1) is 24.0 Å². The Morgan fingerprint density at radius 1 is 0.915 bits per heavy atom. The number of anilines is 1. The molecule has 4 aromatic carbocycles. The lowest BCUT2D eigenvalue weighted by Crippen LogP contribution is -2.53. The molecule has 0 bridgehead atoms. The van der Waals surface area contributed by atoms with Crippen molar-refractivity contribution in [2.45, 2.75) is 44.7 Å². The number of carbonyl (C=O) groups is 2. The maximum atomic E-state index is 14.5. The maximum Gasteiger partial charge on any atom is 0.273 e. The molecular weight excluding hydrogens is 620 g/mol. The average molecular weight is 659 g/mol. The number of aryl methyl sites for hydroxylation is 2. The minimum absolute atomic E-state index is 0.0294. The molecule has 0 radical (unpaired) electrons. The monoisotopic (exact) mass is 658 g/mol. The van der Waals surface area contributed by atoms with Gasteiger partial charge in [0.2, 0.25) is 11.8 Å². The molecule has 1 N–H and O–H groups in total. The predicted octanol–water partition coefficient (Wildman–Crippen LogP) is 5.19. The lowest BCUT2D eigenvalue weighted by Gasteiger charge is -2.34. The number of nitrogens with zero attached hydrogens (tertiary/aromatic N) is 3. The Hall–Kier alpha value is -5.23. The van der Waals surface area contributed by atoms with E-state index in [9.17, 15) is 28.1 Å². The minimum atomic E-state index is -4.53. The van der Waals surface area contributed by atoms with Gasteiger partial charge in [0.1, 0.15) is 18.3 Å². The van der Waals surface area contributed by atoms with E-state index in [1.54, 1.807) is 19.1 Å². The minimum Gasteiger partial charge on any atom is -0.497 e. The molecule has 12 heteroatoms. The number of hydrogen-bond acceptors (Lipinski definition) is 7. The smallest absolute Gasteiger partial charge is 0.273 e. The van der Waals surface area contributed by atoms with Gasteiger partial charge >= 0.3 is 0 Å². The van der Waals surface area contributed by atoms with E-state index < -0.39 is 33.4 Å². The SMILES string of the molecule is CCNC(=O)[C@H](Cc1ccccc1)N(Cc1cccc(C)c1)C(=O)CN(c1ccc(OC)cc1)S(=O)(=O)c1ccc(C)c([N+](=O)[O-])c1. The third-order valence-corrected chi connectivity index (χ3v) is 9.43. The molecule has 11 nitrogen and oxygen atoms in total. The second-order valence-corrected chi connectivity index (χ2v) is 12.9. The van der Waals surface area contributed by atoms with E-state index in [4.69, 9.17) is 4.74 Å². The number of sulfonamides is 1. The van der Waals surface area contributed by atoms with Crippen LogP contribution >= 0.6 is 0 Å². The molecule has 0 aliphatic carbocycles. The van der Waals surface area contributed by atoms with Gasteiger partial charge in [-0.05, 0) is 62.2 Å². The van der Waals surface area contributed by atoms with Crippen molar-refractivity contribution in [3.8, 4) is 5.75 Å². The molecule has 1 atom stereocenters. The van der Waals surface area contributed by atoms with Crippen LogP contribution in [0.15, 0.2) is 102 Å². The van der Waals surface area contributed by atoms with Gasteiger partial charge in [0.25, 0.3) is 15.7 Å². The molecule has 4 aromatic rings. The van der Waals surface area contributed by atoms with Crippen molar-refractivity contribution >= 4 is 33.2 Å². The summed E-state index contributed by atoms with van der Waals surface area (Å²) in [6.07, 6.45) is 0.184. The van der Waals surface area contributed by atoms with Crippen molar-refractivity contribution in [1.82, 2.24) is 10.2 Å². The summed E-state index contributed by atoms with van der Waals surface area (Å²) in [5.41, 5.74) is 2.58. The first kappa shape index (κ1) is 34.6. The molecule has 0 heterocycles. The van der Waals surface area contributed by atoms with Crippen LogP contribution in [-0.4, -0.2) is 56.3 Å². The molecule has 0 spiro atoms. The number of carbonyl (C=O) groups excluding carboxylic acids is 2. The highest BCUT2D eigenvalue weighted by Crippen LogP contribution is 2.30. The van der Waals surface area contributed by atoms with Crippen LogP contribution in [0.5, 0.6) is 5.75 Å².